The second-order valence-corrected chi connectivity index (χ2v) is 6.48. The van der Waals surface area contributed by atoms with Crippen LogP contribution in [0.5, 0.6) is 0 Å². The topological polar surface area (TPSA) is 29.5 Å². The van der Waals surface area contributed by atoms with Crippen LogP contribution in [-0.4, -0.2) is 35.4 Å². The quantitative estimate of drug-likeness (QED) is 0.451. The van der Waals surface area contributed by atoms with Gasteiger partial charge in [-0.1, -0.05) is 36.1 Å². The minimum Gasteiger partial charge on any atom is -0.385 e. The summed E-state index contributed by atoms with van der Waals surface area (Å²) in [5.41, 5.74) is -0.197. The molecule has 0 unspecified atom stereocenters. The van der Waals surface area contributed by atoms with Gasteiger partial charge in [0.05, 0.1) is 10.5 Å². The average molecular weight is 361 g/mol. The lowest BCUT2D eigenvalue weighted by Gasteiger charge is -2.13. The number of methoxy groups -OCH3 is 1. The number of carbonyl (C=O) groups excluding carboxylic acids is 1. The molecule has 23 heavy (non-hydrogen) atoms. The molecule has 1 saturated heterocycles. The van der Waals surface area contributed by atoms with E-state index in [0.29, 0.717) is 34.4 Å². The first-order valence-electron chi connectivity index (χ1n) is 6.74. The minimum atomic E-state index is -4.37. The highest BCUT2D eigenvalue weighted by Crippen LogP contribution is 2.33. The van der Waals surface area contributed by atoms with Gasteiger partial charge in [0.15, 0.2) is 0 Å². The van der Waals surface area contributed by atoms with E-state index in [1.165, 1.54) is 17.0 Å². The summed E-state index contributed by atoms with van der Waals surface area (Å²) in [7, 11) is 1.58. The zero-order valence-corrected chi connectivity index (χ0v) is 13.9. The van der Waals surface area contributed by atoms with Crippen molar-refractivity contribution in [2.45, 2.75) is 12.6 Å². The van der Waals surface area contributed by atoms with E-state index in [1.807, 2.05) is 0 Å². The lowest BCUT2D eigenvalue weighted by molar-refractivity contribution is -0.137. The van der Waals surface area contributed by atoms with Crippen molar-refractivity contribution in [3.63, 3.8) is 0 Å². The Kier molecular flexibility index (Phi) is 5.83. The summed E-state index contributed by atoms with van der Waals surface area (Å²) in [6.07, 6.45) is -2.16. The van der Waals surface area contributed by atoms with Crippen molar-refractivity contribution in [2.75, 3.05) is 20.3 Å². The predicted molar refractivity (Wildman–Crippen MR) is 87.8 cm³/mol. The van der Waals surface area contributed by atoms with Gasteiger partial charge in [-0.15, -0.1) is 0 Å². The number of alkyl halides is 3. The number of thiocarbonyl (C=S) groups is 1. The maximum atomic E-state index is 12.5. The minimum absolute atomic E-state index is 0.226. The van der Waals surface area contributed by atoms with Crippen LogP contribution in [0, 0.1) is 0 Å². The number of hydrogen-bond acceptors (Lipinski definition) is 4. The fourth-order valence-corrected chi connectivity index (χ4v) is 3.29. The van der Waals surface area contributed by atoms with Crippen molar-refractivity contribution >= 4 is 40.3 Å². The monoisotopic (exact) mass is 361 g/mol. The number of amides is 1. The molecular formula is C15H14F3NO2S2. The van der Waals surface area contributed by atoms with E-state index < -0.39 is 11.7 Å². The van der Waals surface area contributed by atoms with Gasteiger partial charge in [0.25, 0.3) is 5.91 Å². The molecule has 0 saturated carbocycles. The zero-order valence-electron chi connectivity index (χ0n) is 12.2. The van der Waals surface area contributed by atoms with Crippen molar-refractivity contribution < 1.29 is 22.7 Å². The van der Waals surface area contributed by atoms with Gasteiger partial charge in [0.1, 0.15) is 4.32 Å². The van der Waals surface area contributed by atoms with E-state index in [0.717, 1.165) is 23.9 Å². The molecule has 3 nitrogen and oxygen atoms in total. The van der Waals surface area contributed by atoms with Gasteiger partial charge < -0.3 is 4.74 Å². The molecule has 1 heterocycles. The van der Waals surface area contributed by atoms with E-state index in [-0.39, 0.29) is 5.91 Å². The molecule has 0 aromatic heterocycles. The lowest BCUT2D eigenvalue weighted by atomic mass is 10.1. The fraction of sp³-hybridized carbons (Fsp3) is 0.333. The third kappa shape index (κ3) is 4.55. The van der Waals surface area contributed by atoms with E-state index >= 15 is 0 Å². The van der Waals surface area contributed by atoms with Gasteiger partial charge in [-0.05, 0) is 30.2 Å². The van der Waals surface area contributed by atoms with Crippen LogP contribution in [0.4, 0.5) is 13.2 Å². The van der Waals surface area contributed by atoms with Crippen LogP contribution in [0.15, 0.2) is 29.2 Å². The zero-order chi connectivity index (χ0) is 17.0. The van der Waals surface area contributed by atoms with Crippen LogP contribution in [0.3, 0.4) is 0 Å². The fourth-order valence-electron chi connectivity index (χ4n) is 1.98. The molecule has 124 valence electrons. The number of ether oxygens (including phenoxy) is 1. The lowest BCUT2D eigenvalue weighted by Crippen LogP contribution is -2.29. The Morgan fingerprint density at radius 2 is 1.96 bits per heavy atom. The molecule has 8 heteroatoms. The Balaban J connectivity index is 2.11. The first kappa shape index (κ1) is 18.0. The molecule has 0 radical (unpaired) electrons. The number of benzene rings is 1. The molecule has 1 fully saturated rings. The molecule has 1 aliphatic rings. The molecule has 1 aromatic rings. The molecule has 0 spiro atoms. The van der Waals surface area contributed by atoms with Crippen molar-refractivity contribution in [2.24, 2.45) is 0 Å². The summed E-state index contributed by atoms with van der Waals surface area (Å²) in [5.74, 6) is -0.226. The van der Waals surface area contributed by atoms with E-state index in [4.69, 9.17) is 17.0 Å². The molecule has 2 rings (SSSR count). The van der Waals surface area contributed by atoms with Gasteiger partial charge >= 0.3 is 6.18 Å². The summed E-state index contributed by atoms with van der Waals surface area (Å²) >= 11 is 6.32. The Morgan fingerprint density at radius 3 is 2.52 bits per heavy atom. The van der Waals surface area contributed by atoms with E-state index in [9.17, 15) is 18.0 Å². The highest BCUT2D eigenvalue weighted by molar-refractivity contribution is 8.26. The van der Waals surface area contributed by atoms with Gasteiger partial charge in [-0.3, -0.25) is 9.69 Å². The van der Waals surface area contributed by atoms with Gasteiger partial charge in [0, 0.05) is 20.3 Å². The maximum Gasteiger partial charge on any atom is 0.416 e. The Morgan fingerprint density at radius 1 is 1.30 bits per heavy atom. The summed E-state index contributed by atoms with van der Waals surface area (Å²) in [6, 6.07) is 4.65. The van der Waals surface area contributed by atoms with Crippen molar-refractivity contribution in [3.05, 3.63) is 40.3 Å². The third-order valence-electron chi connectivity index (χ3n) is 3.14. The summed E-state index contributed by atoms with van der Waals surface area (Å²) in [5, 5.41) is 0. The number of nitrogens with zero attached hydrogens (tertiary/aromatic N) is 1. The van der Waals surface area contributed by atoms with Crippen LogP contribution < -0.4 is 0 Å². The summed E-state index contributed by atoms with van der Waals surface area (Å²) in [4.78, 5) is 14.2. The highest BCUT2D eigenvalue weighted by atomic mass is 32.2. The second kappa shape index (κ2) is 7.46. The largest absolute Gasteiger partial charge is 0.416 e. The Bertz CT molecular complexity index is 627. The van der Waals surface area contributed by atoms with Crippen LogP contribution in [0.2, 0.25) is 0 Å². The molecule has 0 aliphatic carbocycles. The third-order valence-corrected chi connectivity index (χ3v) is 4.52. The number of carbonyl (C=O) groups is 1. The van der Waals surface area contributed by atoms with Crippen LogP contribution in [0.25, 0.3) is 6.08 Å². The molecule has 1 amide bonds. The normalized spacial score (nSPS) is 17.4. The molecule has 1 aliphatic heterocycles. The number of hydrogen-bond donors (Lipinski definition) is 0. The highest BCUT2D eigenvalue weighted by Gasteiger charge is 2.32. The van der Waals surface area contributed by atoms with Crippen molar-refractivity contribution in [1.82, 2.24) is 4.90 Å². The Labute approximate surface area is 141 Å². The smallest absolute Gasteiger partial charge is 0.385 e. The predicted octanol–water partition coefficient (Wildman–Crippen LogP) is 3.94. The van der Waals surface area contributed by atoms with E-state index in [2.05, 4.69) is 0 Å². The van der Waals surface area contributed by atoms with Crippen LogP contribution in [0.1, 0.15) is 17.5 Å². The van der Waals surface area contributed by atoms with Crippen LogP contribution >= 0.6 is 24.0 Å². The number of thioether (sulfide) groups is 1. The standard InChI is InChI=1S/C15H14F3NO2S2/c1-21-8-2-7-19-13(20)12(23-14(19)22)9-10-3-5-11(6-4-10)15(16,17)18/h3-6,9H,2,7-8H2,1H3/b12-9-. The average Bonchev–Trinajstić information content (AvgIpc) is 2.74. The Hall–Kier alpha value is -1.38. The number of rotatable bonds is 5. The molecule has 1 aromatic carbocycles. The summed E-state index contributed by atoms with van der Waals surface area (Å²) < 4.78 is 43.0. The molecule has 0 bridgehead atoms. The maximum absolute atomic E-state index is 12.5. The first-order valence-corrected chi connectivity index (χ1v) is 7.97. The summed E-state index contributed by atoms with van der Waals surface area (Å²) in [6.45, 7) is 0.984. The van der Waals surface area contributed by atoms with E-state index in [1.54, 1.807) is 13.2 Å². The van der Waals surface area contributed by atoms with Crippen LogP contribution in [-0.2, 0) is 15.7 Å². The SMILES string of the molecule is COCCCN1C(=O)/C(=C/c2ccc(C(F)(F)F)cc2)SC1=S. The second-order valence-electron chi connectivity index (χ2n) is 4.80. The number of halogens is 3. The first-order chi connectivity index (χ1) is 10.8. The molecular weight excluding hydrogens is 347 g/mol. The van der Waals surface area contributed by atoms with Gasteiger partial charge in [-0.2, -0.15) is 13.2 Å². The molecule has 0 N–H and O–H groups in total. The van der Waals surface area contributed by atoms with Gasteiger partial charge in [0.2, 0.25) is 0 Å². The molecule has 0 atom stereocenters. The van der Waals surface area contributed by atoms with Crippen molar-refractivity contribution in [3.8, 4) is 0 Å². The van der Waals surface area contributed by atoms with Crippen molar-refractivity contribution in [1.29, 1.82) is 0 Å². The van der Waals surface area contributed by atoms with Gasteiger partial charge in [-0.25, -0.2) is 0 Å².